The largest absolute Gasteiger partial charge is 0.504 e. The Morgan fingerprint density at radius 3 is 2.61 bits per heavy atom. The fraction of sp³-hybridized carbons (Fsp3) is 0.414. The number of carbonyl (C=O) groups is 5. The summed E-state index contributed by atoms with van der Waals surface area (Å²) >= 11 is 0. The van der Waals surface area contributed by atoms with Gasteiger partial charge in [-0.1, -0.05) is 17.7 Å². The molecular weight excluding hydrogens is 490 g/mol. The number of carboxylic acids is 1. The van der Waals surface area contributed by atoms with Gasteiger partial charge in [0.05, 0.1) is 18.4 Å². The van der Waals surface area contributed by atoms with Gasteiger partial charge in [0, 0.05) is 35.6 Å². The number of benzene rings is 1. The van der Waals surface area contributed by atoms with Crippen LogP contribution in [0.25, 0.3) is 0 Å². The summed E-state index contributed by atoms with van der Waals surface area (Å²) in [4.78, 5) is 65.5. The van der Waals surface area contributed by atoms with Crippen molar-refractivity contribution in [3.05, 3.63) is 58.2 Å². The molecule has 1 aromatic carbocycles. The first-order valence-electron chi connectivity index (χ1n) is 12.9. The Labute approximate surface area is 219 Å². The van der Waals surface area contributed by atoms with E-state index in [2.05, 4.69) is 0 Å². The molecule has 1 aliphatic heterocycles. The van der Waals surface area contributed by atoms with Gasteiger partial charge in [-0.25, -0.2) is 0 Å². The zero-order valence-electron chi connectivity index (χ0n) is 21.2. The monoisotopic (exact) mass is 519 g/mol. The van der Waals surface area contributed by atoms with E-state index >= 15 is 0 Å². The van der Waals surface area contributed by atoms with E-state index in [1.807, 2.05) is 6.08 Å². The number of phenolic OH excluding ortho intramolecular Hbond substituents is 1. The van der Waals surface area contributed by atoms with Crippen LogP contribution < -0.4 is 4.74 Å². The van der Waals surface area contributed by atoms with Crippen molar-refractivity contribution in [2.45, 2.75) is 45.4 Å². The molecule has 4 atom stereocenters. The highest BCUT2D eigenvalue weighted by Gasteiger charge is 2.56. The number of allylic oxidation sites excluding steroid dienone is 6. The smallest absolute Gasteiger partial charge is 0.303 e. The molecule has 38 heavy (non-hydrogen) atoms. The summed E-state index contributed by atoms with van der Waals surface area (Å²) in [5.41, 5.74) is 2.51. The first-order valence-corrected chi connectivity index (χ1v) is 12.9. The van der Waals surface area contributed by atoms with Gasteiger partial charge < -0.3 is 14.9 Å². The maximum atomic E-state index is 13.6. The SMILES string of the molecule is CCOc1cc([C@H]2C3=CC[C@@H]4C(=O)N(CCCC(=O)O)C(=O)[C@@H]4[C@@H]3CC3=C2C(=O)C=C(C)C3=O)ccc1O. The molecule has 2 N–H and O–H groups in total. The third-order valence-corrected chi connectivity index (χ3v) is 8.04. The number of carbonyl (C=O) groups excluding carboxylic acids is 4. The summed E-state index contributed by atoms with van der Waals surface area (Å²) in [5.74, 6) is -4.36. The Morgan fingerprint density at radius 2 is 1.89 bits per heavy atom. The number of hydrogen-bond acceptors (Lipinski definition) is 7. The molecule has 0 saturated carbocycles. The van der Waals surface area contributed by atoms with Crippen LogP contribution in [-0.2, 0) is 24.0 Å². The van der Waals surface area contributed by atoms with Gasteiger partial charge in [-0.3, -0.25) is 28.9 Å². The van der Waals surface area contributed by atoms with Gasteiger partial charge in [0.1, 0.15) is 0 Å². The van der Waals surface area contributed by atoms with Crippen molar-refractivity contribution >= 4 is 29.4 Å². The van der Waals surface area contributed by atoms with Crippen molar-refractivity contribution in [2.75, 3.05) is 13.2 Å². The van der Waals surface area contributed by atoms with E-state index in [0.29, 0.717) is 35.3 Å². The minimum absolute atomic E-state index is 0.0331. The van der Waals surface area contributed by atoms with Crippen LogP contribution in [0, 0.1) is 17.8 Å². The first kappa shape index (κ1) is 25.6. The lowest BCUT2D eigenvalue weighted by molar-refractivity contribution is -0.142. The van der Waals surface area contributed by atoms with E-state index in [-0.39, 0.29) is 60.7 Å². The van der Waals surface area contributed by atoms with Gasteiger partial charge in [-0.05, 0) is 62.8 Å². The van der Waals surface area contributed by atoms with Gasteiger partial charge in [0.25, 0.3) is 0 Å². The number of imide groups is 1. The maximum absolute atomic E-state index is 13.6. The third kappa shape index (κ3) is 4.06. The Balaban J connectivity index is 1.59. The van der Waals surface area contributed by atoms with Crippen molar-refractivity contribution in [3.63, 3.8) is 0 Å². The number of likely N-dealkylation sites (tertiary alicyclic amines) is 1. The maximum Gasteiger partial charge on any atom is 0.303 e. The quantitative estimate of drug-likeness (QED) is 0.318. The molecule has 0 unspecified atom stereocenters. The number of ether oxygens (including phenoxy) is 1. The molecule has 0 aromatic heterocycles. The summed E-state index contributed by atoms with van der Waals surface area (Å²) < 4.78 is 5.58. The predicted octanol–water partition coefficient (Wildman–Crippen LogP) is 3.09. The number of aromatic hydroxyl groups is 1. The Hall–Kier alpha value is -4.01. The van der Waals surface area contributed by atoms with Crippen molar-refractivity contribution in [3.8, 4) is 11.5 Å². The van der Waals surface area contributed by atoms with Gasteiger partial charge in [0.15, 0.2) is 23.1 Å². The van der Waals surface area contributed by atoms with E-state index < -0.39 is 29.6 Å². The Kier molecular flexibility index (Phi) is 6.54. The van der Waals surface area contributed by atoms with E-state index in [0.717, 1.165) is 5.57 Å². The van der Waals surface area contributed by atoms with Crippen LogP contribution in [0.2, 0.25) is 0 Å². The molecule has 0 spiro atoms. The second kappa shape index (κ2) is 9.70. The second-order valence-electron chi connectivity index (χ2n) is 10.2. The average Bonchev–Trinajstić information content (AvgIpc) is 3.12. The van der Waals surface area contributed by atoms with Crippen LogP contribution in [0.3, 0.4) is 0 Å². The van der Waals surface area contributed by atoms with Crippen molar-refractivity contribution in [1.82, 2.24) is 4.90 Å². The minimum atomic E-state index is -0.996. The van der Waals surface area contributed by atoms with Gasteiger partial charge in [-0.15, -0.1) is 0 Å². The van der Waals surface area contributed by atoms with E-state index in [1.165, 1.54) is 17.0 Å². The predicted molar refractivity (Wildman–Crippen MR) is 134 cm³/mol. The molecule has 0 bridgehead atoms. The molecule has 3 aliphatic carbocycles. The van der Waals surface area contributed by atoms with E-state index in [9.17, 15) is 29.1 Å². The van der Waals surface area contributed by atoms with Gasteiger partial charge in [-0.2, -0.15) is 0 Å². The fourth-order valence-electron chi connectivity index (χ4n) is 6.42. The summed E-state index contributed by atoms with van der Waals surface area (Å²) in [7, 11) is 0. The lowest BCUT2D eigenvalue weighted by Crippen LogP contribution is -2.39. The lowest BCUT2D eigenvalue weighted by atomic mass is 9.59. The standard InChI is InChI=1S/C29H29NO8/c1-3-38-22-12-15(6-9-20(22)31)24-16-7-8-17-25(29(37)30(28(17)36)10-4-5-23(33)34)18(16)13-19-26(24)21(32)11-14(2)27(19)35/h6-7,9,11-12,17-18,24-25,31H,3-5,8,10,13H2,1-2H3,(H,33,34)/t17-,18+,24-,25-/m0/s1. The van der Waals surface area contributed by atoms with Crippen molar-refractivity contribution in [2.24, 2.45) is 17.8 Å². The van der Waals surface area contributed by atoms with Gasteiger partial charge in [0.2, 0.25) is 11.8 Å². The summed E-state index contributed by atoms with van der Waals surface area (Å²) in [6, 6.07) is 4.83. The Morgan fingerprint density at radius 1 is 1.13 bits per heavy atom. The second-order valence-corrected chi connectivity index (χ2v) is 10.2. The number of aliphatic carboxylic acids is 1. The number of carboxylic acid groups (broad SMARTS) is 1. The summed E-state index contributed by atoms with van der Waals surface area (Å²) in [6.07, 6.45) is 3.76. The number of fused-ring (bicyclic) bond motifs is 3. The summed E-state index contributed by atoms with van der Waals surface area (Å²) in [5, 5.41) is 19.2. The molecule has 1 fully saturated rings. The van der Waals surface area contributed by atoms with Crippen molar-refractivity contribution in [1.29, 1.82) is 0 Å². The molecule has 5 rings (SSSR count). The number of phenols is 1. The molecule has 1 saturated heterocycles. The molecule has 1 heterocycles. The third-order valence-electron chi connectivity index (χ3n) is 8.04. The highest BCUT2D eigenvalue weighted by molar-refractivity contribution is 6.23. The molecule has 1 aromatic rings. The highest BCUT2D eigenvalue weighted by Crippen LogP contribution is 2.55. The minimum Gasteiger partial charge on any atom is -0.504 e. The number of rotatable bonds is 7. The number of amides is 2. The lowest BCUT2D eigenvalue weighted by Gasteiger charge is -2.42. The van der Waals surface area contributed by atoms with Gasteiger partial charge >= 0.3 is 5.97 Å². The number of Topliss-reactive ketones (excluding diaryl/α,β-unsaturated/α-hetero) is 1. The molecule has 198 valence electrons. The molecule has 0 radical (unpaired) electrons. The van der Waals surface area contributed by atoms with Crippen LogP contribution in [0.15, 0.2) is 52.6 Å². The van der Waals surface area contributed by atoms with Crippen LogP contribution in [0.1, 0.15) is 51.0 Å². The zero-order chi connectivity index (χ0) is 27.3. The number of ketones is 2. The van der Waals surface area contributed by atoms with Crippen LogP contribution in [0.5, 0.6) is 11.5 Å². The molecule has 4 aliphatic rings. The van der Waals surface area contributed by atoms with Crippen molar-refractivity contribution < 1.29 is 38.9 Å². The topological polar surface area (TPSA) is 138 Å². The molecule has 2 amide bonds. The Bertz CT molecular complexity index is 1370. The first-order chi connectivity index (χ1) is 18.1. The molecule has 9 heteroatoms. The molecule has 9 nitrogen and oxygen atoms in total. The number of hydrogen-bond donors (Lipinski definition) is 2. The average molecular weight is 520 g/mol. The summed E-state index contributed by atoms with van der Waals surface area (Å²) in [6.45, 7) is 3.73. The highest BCUT2D eigenvalue weighted by atomic mass is 16.5. The number of nitrogens with zero attached hydrogens (tertiary/aromatic N) is 1. The van der Waals surface area contributed by atoms with Crippen LogP contribution in [-0.4, -0.2) is 57.6 Å². The van der Waals surface area contributed by atoms with E-state index in [4.69, 9.17) is 9.84 Å². The normalized spacial score (nSPS) is 26.5. The van der Waals surface area contributed by atoms with E-state index in [1.54, 1.807) is 26.0 Å². The zero-order valence-corrected chi connectivity index (χ0v) is 21.2. The van der Waals surface area contributed by atoms with Crippen LogP contribution >= 0.6 is 0 Å². The van der Waals surface area contributed by atoms with Crippen LogP contribution in [0.4, 0.5) is 0 Å². The fourth-order valence-corrected chi connectivity index (χ4v) is 6.42. The molecular formula is C29H29NO8.